The van der Waals surface area contributed by atoms with Crippen molar-refractivity contribution < 1.29 is 14.6 Å². The molecule has 1 aliphatic carbocycles. The maximum absolute atomic E-state index is 12.9. The zero-order valence-corrected chi connectivity index (χ0v) is 17.3. The van der Waals surface area contributed by atoms with Crippen LogP contribution in [0.2, 0.25) is 0 Å². The Bertz CT molecular complexity index is 796. The fraction of sp³-hybridized carbons (Fsp3) is 0.636. The van der Waals surface area contributed by atoms with Crippen molar-refractivity contribution >= 4 is 11.6 Å². The molecule has 0 radical (unpaired) electrons. The van der Waals surface area contributed by atoms with Crippen LogP contribution in [0.3, 0.4) is 0 Å². The van der Waals surface area contributed by atoms with Crippen molar-refractivity contribution in [3.63, 3.8) is 0 Å². The van der Waals surface area contributed by atoms with Crippen LogP contribution in [-0.4, -0.2) is 39.7 Å². The van der Waals surface area contributed by atoms with Gasteiger partial charge in [0.05, 0.1) is 24.9 Å². The van der Waals surface area contributed by atoms with E-state index in [-0.39, 0.29) is 24.5 Å². The Morgan fingerprint density at radius 2 is 2.14 bits per heavy atom. The van der Waals surface area contributed by atoms with E-state index < -0.39 is 0 Å². The van der Waals surface area contributed by atoms with Gasteiger partial charge in [-0.05, 0) is 43.7 Å². The summed E-state index contributed by atoms with van der Waals surface area (Å²) < 4.78 is 7.91. The first-order chi connectivity index (χ1) is 13.5. The molecule has 0 spiro atoms. The maximum Gasteiger partial charge on any atom is 0.270 e. The van der Waals surface area contributed by atoms with Crippen LogP contribution in [0, 0.1) is 18.8 Å². The summed E-state index contributed by atoms with van der Waals surface area (Å²) in [6, 6.07) is 3.54. The Labute approximate surface area is 167 Å². The number of amides is 1. The van der Waals surface area contributed by atoms with Crippen molar-refractivity contribution in [3.05, 3.63) is 29.7 Å². The van der Waals surface area contributed by atoms with Crippen LogP contribution in [0.1, 0.15) is 68.6 Å². The molecule has 6 heteroatoms. The molecule has 28 heavy (non-hydrogen) atoms. The average Bonchev–Trinajstić information content (AvgIpc) is 3.06. The molecule has 2 aromatic rings. The van der Waals surface area contributed by atoms with E-state index in [4.69, 9.17) is 4.74 Å². The zero-order chi connectivity index (χ0) is 20.1. The largest absolute Gasteiger partial charge is 0.489 e. The van der Waals surface area contributed by atoms with Crippen molar-refractivity contribution in [3.8, 4) is 5.75 Å². The van der Waals surface area contributed by atoms with Gasteiger partial charge in [0.1, 0.15) is 5.69 Å². The number of hydrogen-bond donors (Lipinski definition) is 2. The summed E-state index contributed by atoms with van der Waals surface area (Å²) in [5.74, 6) is 1.31. The number of fused-ring (bicyclic) bond motifs is 1. The number of aromatic nitrogens is 2. The molecule has 0 aliphatic heterocycles. The van der Waals surface area contributed by atoms with Crippen molar-refractivity contribution in [2.45, 2.75) is 65.3 Å². The summed E-state index contributed by atoms with van der Waals surface area (Å²) in [4.78, 5) is 17.5. The Morgan fingerprint density at radius 1 is 1.39 bits per heavy atom. The highest BCUT2D eigenvalue weighted by molar-refractivity contribution is 5.95. The number of aliphatic hydroxyl groups is 1. The zero-order valence-electron chi connectivity index (χ0n) is 17.3. The van der Waals surface area contributed by atoms with Gasteiger partial charge in [-0.15, -0.1) is 0 Å². The molecular weight excluding hydrogens is 354 g/mol. The van der Waals surface area contributed by atoms with Gasteiger partial charge in [0, 0.05) is 6.20 Å². The van der Waals surface area contributed by atoms with Crippen LogP contribution in [0.4, 0.5) is 0 Å². The van der Waals surface area contributed by atoms with Crippen LogP contribution in [0.25, 0.3) is 5.65 Å². The minimum atomic E-state index is -0.270. The fourth-order valence-electron chi connectivity index (χ4n) is 3.99. The van der Waals surface area contributed by atoms with E-state index in [0.717, 1.165) is 12.2 Å². The topological polar surface area (TPSA) is 75.9 Å². The van der Waals surface area contributed by atoms with E-state index in [2.05, 4.69) is 17.2 Å². The van der Waals surface area contributed by atoms with Gasteiger partial charge < -0.3 is 15.2 Å². The molecule has 0 aromatic carbocycles. The Hall–Kier alpha value is -2.08. The number of rotatable bonds is 8. The van der Waals surface area contributed by atoms with Crippen molar-refractivity contribution in [2.75, 3.05) is 13.2 Å². The second-order valence-corrected chi connectivity index (χ2v) is 8.07. The van der Waals surface area contributed by atoms with E-state index in [9.17, 15) is 9.90 Å². The first kappa shape index (κ1) is 20.6. The summed E-state index contributed by atoms with van der Waals surface area (Å²) in [5.41, 5.74) is 1.83. The standard InChI is InChI=1S/C22H33N3O3/c1-4-15(2)18(13-26)24-22(27)20-16(3)23-21-19(11-8-12-25(20)21)28-14-17-9-6-5-7-10-17/h8,11-12,15,17-18,26H,4-7,9-10,13-14H2,1-3H3,(H,24,27). The van der Waals surface area contributed by atoms with Crippen LogP contribution in [-0.2, 0) is 0 Å². The molecule has 154 valence electrons. The molecule has 2 heterocycles. The van der Waals surface area contributed by atoms with E-state index in [1.165, 1.54) is 32.1 Å². The third-order valence-electron chi connectivity index (χ3n) is 6.05. The smallest absolute Gasteiger partial charge is 0.270 e. The lowest BCUT2D eigenvalue weighted by Crippen LogP contribution is -2.42. The van der Waals surface area contributed by atoms with Crippen LogP contribution in [0.15, 0.2) is 18.3 Å². The van der Waals surface area contributed by atoms with E-state index >= 15 is 0 Å². The third-order valence-corrected chi connectivity index (χ3v) is 6.05. The molecular formula is C22H33N3O3. The van der Waals surface area contributed by atoms with E-state index in [0.29, 0.717) is 29.6 Å². The lowest BCUT2D eigenvalue weighted by atomic mass is 9.90. The number of ether oxygens (including phenoxy) is 1. The SMILES string of the molecule is CCC(C)C(CO)NC(=O)c1c(C)nc2c(OCC3CCCCC3)cccn12. The molecule has 2 N–H and O–H groups in total. The molecule has 0 bridgehead atoms. The van der Waals surface area contributed by atoms with Gasteiger partial charge in [-0.3, -0.25) is 9.20 Å². The number of carbonyl (C=O) groups is 1. The van der Waals surface area contributed by atoms with Crippen molar-refractivity contribution in [1.82, 2.24) is 14.7 Å². The van der Waals surface area contributed by atoms with Gasteiger partial charge >= 0.3 is 0 Å². The number of pyridine rings is 1. The van der Waals surface area contributed by atoms with Crippen molar-refractivity contribution in [1.29, 1.82) is 0 Å². The first-order valence-corrected chi connectivity index (χ1v) is 10.6. The van der Waals surface area contributed by atoms with Crippen LogP contribution < -0.4 is 10.1 Å². The highest BCUT2D eigenvalue weighted by atomic mass is 16.5. The highest BCUT2D eigenvalue weighted by Crippen LogP contribution is 2.27. The average molecular weight is 388 g/mol. The lowest BCUT2D eigenvalue weighted by molar-refractivity contribution is 0.0884. The molecule has 2 aromatic heterocycles. The molecule has 6 nitrogen and oxygen atoms in total. The molecule has 1 fully saturated rings. The molecule has 0 saturated heterocycles. The summed E-state index contributed by atoms with van der Waals surface area (Å²) in [6.07, 6.45) is 9.08. The number of imidazole rings is 1. The fourth-order valence-corrected chi connectivity index (χ4v) is 3.99. The summed E-state index contributed by atoms with van der Waals surface area (Å²) in [5, 5.41) is 12.6. The van der Waals surface area contributed by atoms with Gasteiger partial charge in [0.2, 0.25) is 0 Å². The third kappa shape index (κ3) is 4.49. The predicted octanol–water partition coefficient (Wildman–Crippen LogP) is 3.74. The monoisotopic (exact) mass is 387 g/mol. The lowest BCUT2D eigenvalue weighted by Gasteiger charge is -2.22. The molecule has 3 rings (SSSR count). The van der Waals surface area contributed by atoms with Crippen LogP contribution in [0.5, 0.6) is 5.75 Å². The minimum absolute atomic E-state index is 0.0771. The van der Waals surface area contributed by atoms with Gasteiger partial charge in [-0.25, -0.2) is 4.98 Å². The molecule has 1 amide bonds. The minimum Gasteiger partial charge on any atom is -0.489 e. The highest BCUT2D eigenvalue weighted by Gasteiger charge is 2.24. The number of aryl methyl sites for hydroxylation is 1. The first-order valence-electron chi connectivity index (χ1n) is 10.6. The predicted molar refractivity (Wildman–Crippen MR) is 110 cm³/mol. The van der Waals surface area contributed by atoms with Gasteiger partial charge in [0.15, 0.2) is 11.4 Å². The van der Waals surface area contributed by atoms with Crippen molar-refractivity contribution in [2.24, 2.45) is 11.8 Å². The molecule has 1 aliphatic rings. The van der Waals surface area contributed by atoms with Gasteiger partial charge in [-0.2, -0.15) is 0 Å². The summed E-state index contributed by atoms with van der Waals surface area (Å²) in [6.45, 7) is 6.54. The normalized spacial score (nSPS) is 17.4. The Morgan fingerprint density at radius 3 is 2.82 bits per heavy atom. The number of nitrogens with one attached hydrogen (secondary N) is 1. The number of aliphatic hydroxyl groups excluding tert-OH is 1. The molecule has 2 atom stereocenters. The Balaban J connectivity index is 1.80. The number of hydrogen-bond acceptors (Lipinski definition) is 4. The number of carbonyl (C=O) groups excluding carboxylic acids is 1. The summed E-state index contributed by atoms with van der Waals surface area (Å²) >= 11 is 0. The van der Waals surface area contributed by atoms with E-state index in [1.807, 2.05) is 32.2 Å². The maximum atomic E-state index is 12.9. The molecule has 2 unspecified atom stereocenters. The van der Waals surface area contributed by atoms with Gasteiger partial charge in [0.25, 0.3) is 5.91 Å². The second-order valence-electron chi connectivity index (χ2n) is 8.07. The number of nitrogens with zero attached hydrogens (tertiary/aromatic N) is 2. The van der Waals surface area contributed by atoms with Crippen LogP contribution >= 0.6 is 0 Å². The van der Waals surface area contributed by atoms with Gasteiger partial charge in [-0.1, -0.05) is 39.5 Å². The second kappa shape index (κ2) is 9.41. The molecule has 1 saturated carbocycles. The summed E-state index contributed by atoms with van der Waals surface area (Å²) in [7, 11) is 0. The van der Waals surface area contributed by atoms with E-state index in [1.54, 1.807) is 4.40 Å². The Kier molecular flexibility index (Phi) is 6.94. The quantitative estimate of drug-likeness (QED) is 0.723.